The van der Waals surface area contributed by atoms with E-state index >= 15 is 0 Å². The molecule has 0 fully saturated rings. The van der Waals surface area contributed by atoms with Gasteiger partial charge >= 0.3 is 29.6 Å². The molecule has 0 spiro atoms. The summed E-state index contributed by atoms with van der Waals surface area (Å²) >= 11 is 0. The Balaban J connectivity index is 0. The van der Waals surface area contributed by atoms with Crippen molar-refractivity contribution in [1.82, 2.24) is 0 Å². The average Bonchev–Trinajstić information content (AvgIpc) is 2.04. The van der Waals surface area contributed by atoms with Crippen molar-refractivity contribution >= 4 is 0 Å². The van der Waals surface area contributed by atoms with Crippen molar-refractivity contribution in [3.8, 4) is 11.5 Å². The van der Waals surface area contributed by atoms with Crippen molar-refractivity contribution in [3.05, 3.63) is 23.8 Å². The third-order valence-electron chi connectivity index (χ3n) is 1.68. The fourth-order valence-electron chi connectivity index (χ4n) is 1.10. The van der Waals surface area contributed by atoms with Gasteiger partial charge in [0.05, 0.1) is 7.11 Å². The quantitative estimate of drug-likeness (QED) is 0.590. The first kappa shape index (κ1) is 11.8. The zero-order valence-electron chi connectivity index (χ0n) is 8.79. The number of phenolic OH excluding ortho intramolecular Hbond substituents is 1. The predicted molar refractivity (Wildman–Crippen MR) is 45.1 cm³/mol. The van der Waals surface area contributed by atoms with E-state index in [1.807, 2.05) is 13.0 Å². The van der Waals surface area contributed by atoms with E-state index in [2.05, 4.69) is 0 Å². The van der Waals surface area contributed by atoms with Crippen LogP contribution in [0.5, 0.6) is 11.5 Å². The monoisotopic (exact) mass is 176 g/mol. The van der Waals surface area contributed by atoms with Crippen molar-refractivity contribution in [1.29, 1.82) is 0 Å². The molecule has 1 aromatic carbocycles. The topological polar surface area (TPSA) is 29.5 Å². The molecule has 0 aliphatic rings. The number of phenols is 1. The first-order chi connectivity index (χ1) is 5.29. The van der Waals surface area contributed by atoms with Gasteiger partial charge in [0.2, 0.25) is 0 Å². The fourth-order valence-corrected chi connectivity index (χ4v) is 1.10. The van der Waals surface area contributed by atoms with E-state index in [4.69, 9.17) is 4.74 Å². The molecule has 1 N–H and O–H groups in total. The van der Waals surface area contributed by atoms with Crippen LogP contribution in [-0.4, -0.2) is 12.2 Å². The van der Waals surface area contributed by atoms with Gasteiger partial charge in [0.15, 0.2) is 0 Å². The molecular formula is C9H13NaO2. The van der Waals surface area contributed by atoms with Crippen LogP contribution in [0, 0.1) is 0 Å². The van der Waals surface area contributed by atoms with E-state index < -0.39 is 0 Å². The van der Waals surface area contributed by atoms with E-state index in [9.17, 15) is 5.11 Å². The van der Waals surface area contributed by atoms with Crippen molar-refractivity contribution in [3.63, 3.8) is 0 Å². The molecule has 0 radical (unpaired) electrons. The molecule has 1 aromatic rings. The Morgan fingerprint density at radius 3 is 2.58 bits per heavy atom. The van der Waals surface area contributed by atoms with Gasteiger partial charge in [-0.3, -0.25) is 0 Å². The summed E-state index contributed by atoms with van der Waals surface area (Å²) in [4.78, 5) is 0. The van der Waals surface area contributed by atoms with Gasteiger partial charge in [-0.2, -0.15) is 0 Å². The number of benzene rings is 1. The minimum atomic E-state index is 0. The van der Waals surface area contributed by atoms with Gasteiger partial charge in [0.1, 0.15) is 11.5 Å². The molecule has 0 aliphatic heterocycles. The maximum atomic E-state index is 9.34. The largest absolute Gasteiger partial charge is 1.00 e. The summed E-state index contributed by atoms with van der Waals surface area (Å²) in [5.74, 6) is 1.07. The summed E-state index contributed by atoms with van der Waals surface area (Å²) in [5, 5.41) is 9.34. The van der Waals surface area contributed by atoms with Crippen molar-refractivity contribution in [2.24, 2.45) is 0 Å². The van der Waals surface area contributed by atoms with Crippen molar-refractivity contribution in [2.45, 2.75) is 13.3 Å². The number of hydrogen-bond donors (Lipinski definition) is 1. The molecule has 0 saturated heterocycles. The second-order valence-electron chi connectivity index (χ2n) is 2.31. The molecule has 1 rings (SSSR count). The van der Waals surface area contributed by atoms with Crippen LogP contribution in [0.4, 0.5) is 0 Å². The number of ether oxygens (including phenoxy) is 1. The average molecular weight is 176 g/mol. The van der Waals surface area contributed by atoms with E-state index in [0.29, 0.717) is 5.75 Å². The predicted octanol–water partition coefficient (Wildman–Crippen LogP) is -0.920. The molecule has 2 nitrogen and oxygen atoms in total. The van der Waals surface area contributed by atoms with Gasteiger partial charge < -0.3 is 11.3 Å². The number of rotatable bonds is 2. The zero-order chi connectivity index (χ0) is 8.27. The number of aromatic hydroxyl groups is 1. The van der Waals surface area contributed by atoms with E-state index in [1.54, 1.807) is 19.2 Å². The van der Waals surface area contributed by atoms with E-state index in [0.717, 1.165) is 17.7 Å². The second kappa shape index (κ2) is 5.46. The first-order valence-corrected chi connectivity index (χ1v) is 3.64. The Bertz CT molecular complexity index is 253. The molecule has 0 unspecified atom stereocenters. The standard InChI is InChI=1S/C9H12O2.Na.H/c1-3-7-8(10)5-4-6-9(7)11-2;;/h4-6,10H,3H2,1-2H3;;/q;+1;-1. The molecule has 0 amide bonds. The molecule has 0 heterocycles. The number of methoxy groups -OCH3 is 1. The summed E-state index contributed by atoms with van der Waals surface area (Å²) in [7, 11) is 1.61. The van der Waals surface area contributed by atoms with Gasteiger partial charge in [-0.05, 0) is 18.6 Å². The summed E-state index contributed by atoms with van der Waals surface area (Å²) in [6, 6.07) is 5.28. The van der Waals surface area contributed by atoms with Crippen LogP contribution < -0.4 is 34.3 Å². The van der Waals surface area contributed by atoms with Crippen LogP contribution in [0.2, 0.25) is 0 Å². The molecule has 12 heavy (non-hydrogen) atoms. The fraction of sp³-hybridized carbons (Fsp3) is 0.333. The van der Waals surface area contributed by atoms with Crippen LogP contribution in [0.15, 0.2) is 18.2 Å². The van der Waals surface area contributed by atoms with Crippen LogP contribution in [0.25, 0.3) is 0 Å². The van der Waals surface area contributed by atoms with Gasteiger partial charge in [0, 0.05) is 5.56 Å². The number of hydrogen-bond acceptors (Lipinski definition) is 2. The normalized spacial score (nSPS) is 8.83. The maximum absolute atomic E-state index is 9.34. The summed E-state index contributed by atoms with van der Waals surface area (Å²) < 4.78 is 5.06. The molecule has 3 heteroatoms. The Kier molecular flexibility index (Phi) is 5.38. The maximum Gasteiger partial charge on any atom is 1.00 e. The Hall–Kier alpha value is -0.180. The van der Waals surface area contributed by atoms with E-state index in [1.165, 1.54) is 0 Å². The molecule has 0 atom stereocenters. The van der Waals surface area contributed by atoms with Crippen molar-refractivity contribution in [2.75, 3.05) is 7.11 Å². The van der Waals surface area contributed by atoms with Gasteiger partial charge in [0.25, 0.3) is 0 Å². The third-order valence-corrected chi connectivity index (χ3v) is 1.68. The van der Waals surface area contributed by atoms with Crippen molar-refractivity contribution < 1.29 is 40.8 Å². The smallest absolute Gasteiger partial charge is 1.00 e. The molecule has 0 aromatic heterocycles. The Morgan fingerprint density at radius 2 is 2.17 bits per heavy atom. The molecular weight excluding hydrogens is 163 g/mol. The van der Waals surface area contributed by atoms with Gasteiger partial charge in [-0.25, -0.2) is 0 Å². The summed E-state index contributed by atoms with van der Waals surface area (Å²) in [5.41, 5.74) is 0.870. The van der Waals surface area contributed by atoms with Crippen LogP contribution in [-0.2, 0) is 6.42 Å². The van der Waals surface area contributed by atoms with Crippen LogP contribution in [0.1, 0.15) is 13.9 Å². The Morgan fingerprint density at radius 1 is 1.50 bits per heavy atom. The molecule has 62 valence electrons. The third kappa shape index (κ3) is 2.41. The van der Waals surface area contributed by atoms with Crippen LogP contribution in [0.3, 0.4) is 0 Å². The minimum Gasteiger partial charge on any atom is -1.00 e. The molecule has 0 saturated carbocycles. The summed E-state index contributed by atoms with van der Waals surface area (Å²) in [6.07, 6.45) is 0.788. The molecule has 0 aliphatic carbocycles. The second-order valence-corrected chi connectivity index (χ2v) is 2.31. The van der Waals surface area contributed by atoms with Crippen LogP contribution >= 0.6 is 0 Å². The Labute approximate surface area is 96.3 Å². The molecule has 0 bridgehead atoms. The minimum absolute atomic E-state index is 0. The SMILES string of the molecule is CCc1c(O)cccc1OC.[H-].[Na+]. The summed E-state index contributed by atoms with van der Waals surface area (Å²) in [6.45, 7) is 1.98. The first-order valence-electron chi connectivity index (χ1n) is 3.64. The van der Waals surface area contributed by atoms with Gasteiger partial charge in [-0.1, -0.05) is 13.0 Å². The van der Waals surface area contributed by atoms with Gasteiger partial charge in [-0.15, -0.1) is 0 Å². The zero-order valence-corrected chi connectivity index (χ0v) is 9.79. The van der Waals surface area contributed by atoms with E-state index in [-0.39, 0.29) is 31.0 Å².